The average Bonchev–Trinajstić information content (AvgIpc) is 2.39. The molecular weight excluding hydrogens is 206 g/mol. The van der Waals surface area contributed by atoms with Gasteiger partial charge in [-0.2, -0.15) is 0 Å². The van der Waals surface area contributed by atoms with E-state index in [9.17, 15) is 0 Å². The van der Waals surface area contributed by atoms with Crippen molar-refractivity contribution in [2.75, 3.05) is 38.3 Å². The molecule has 16 heavy (non-hydrogen) atoms. The topological polar surface area (TPSA) is 39.0 Å². The van der Waals surface area contributed by atoms with Gasteiger partial charge in [-0.15, -0.1) is 0 Å². The quantitative estimate of drug-likeness (QED) is 0.706. The molecule has 0 amide bonds. The zero-order valence-corrected chi connectivity index (χ0v) is 9.14. The maximum atomic E-state index is 6.93. The standard InChI is InChI=1S/C11H13N3O2/c1-12-9-7-10(15-2)11(13-8-9)14-3-5-16-6-4-14/h7-8H,3-6H2,2H3. The molecule has 0 saturated carbocycles. The van der Waals surface area contributed by atoms with E-state index in [4.69, 9.17) is 16.0 Å². The first-order chi connectivity index (χ1) is 7.85. The van der Waals surface area contributed by atoms with Crippen molar-refractivity contribution in [2.24, 2.45) is 0 Å². The molecule has 5 nitrogen and oxygen atoms in total. The minimum atomic E-state index is 0.494. The van der Waals surface area contributed by atoms with Gasteiger partial charge < -0.3 is 14.4 Å². The first kappa shape index (κ1) is 10.7. The molecule has 0 unspecified atom stereocenters. The monoisotopic (exact) mass is 219 g/mol. The summed E-state index contributed by atoms with van der Waals surface area (Å²) in [6.07, 6.45) is 1.57. The van der Waals surface area contributed by atoms with Crippen molar-refractivity contribution in [3.05, 3.63) is 23.7 Å². The Morgan fingerprint density at radius 1 is 1.50 bits per heavy atom. The molecule has 5 heteroatoms. The number of morpholine rings is 1. The number of hydrogen-bond acceptors (Lipinski definition) is 4. The van der Waals surface area contributed by atoms with Crippen molar-refractivity contribution in [2.45, 2.75) is 0 Å². The van der Waals surface area contributed by atoms with Crippen LogP contribution in [-0.4, -0.2) is 38.4 Å². The van der Waals surface area contributed by atoms with Crippen LogP contribution in [0, 0.1) is 6.57 Å². The minimum absolute atomic E-state index is 0.494. The SMILES string of the molecule is [C-]#[N+]c1cnc(N2CCOCC2)c(OC)c1. The lowest BCUT2D eigenvalue weighted by Gasteiger charge is -2.28. The van der Waals surface area contributed by atoms with E-state index in [-0.39, 0.29) is 0 Å². The van der Waals surface area contributed by atoms with Crippen LogP contribution < -0.4 is 9.64 Å². The Hall–Kier alpha value is -1.80. The Morgan fingerprint density at radius 2 is 2.25 bits per heavy atom. The minimum Gasteiger partial charge on any atom is -0.494 e. The largest absolute Gasteiger partial charge is 0.494 e. The van der Waals surface area contributed by atoms with E-state index in [2.05, 4.69) is 14.7 Å². The summed E-state index contributed by atoms with van der Waals surface area (Å²) in [5.74, 6) is 1.44. The van der Waals surface area contributed by atoms with Crippen molar-refractivity contribution in [3.8, 4) is 5.75 Å². The molecule has 1 aromatic rings. The van der Waals surface area contributed by atoms with Gasteiger partial charge >= 0.3 is 0 Å². The van der Waals surface area contributed by atoms with Crippen molar-refractivity contribution in [1.82, 2.24) is 4.98 Å². The molecule has 1 fully saturated rings. The number of rotatable bonds is 2. The number of nitrogens with zero attached hydrogens (tertiary/aromatic N) is 3. The summed E-state index contributed by atoms with van der Waals surface area (Å²) in [4.78, 5) is 9.71. The van der Waals surface area contributed by atoms with Gasteiger partial charge in [-0.25, -0.2) is 9.83 Å². The molecule has 1 aliphatic heterocycles. The third-order valence-electron chi connectivity index (χ3n) is 2.48. The molecule has 0 N–H and O–H groups in total. The van der Waals surface area contributed by atoms with Crippen LogP contribution in [-0.2, 0) is 4.74 Å². The number of aromatic nitrogens is 1. The molecule has 0 bridgehead atoms. The molecule has 1 aliphatic rings. The van der Waals surface area contributed by atoms with Gasteiger partial charge in [0.25, 0.3) is 0 Å². The lowest BCUT2D eigenvalue weighted by molar-refractivity contribution is 0.122. The lowest BCUT2D eigenvalue weighted by atomic mass is 10.3. The van der Waals surface area contributed by atoms with Crippen molar-refractivity contribution in [3.63, 3.8) is 0 Å². The highest BCUT2D eigenvalue weighted by atomic mass is 16.5. The summed E-state index contributed by atoms with van der Waals surface area (Å²) in [5.41, 5.74) is 0.494. The summed E-state index contributed by atoms with van der Waals surface area (Å²) >= 11 is 0. The first-order valence-corrected chi connectivity index (χ1v) is 5.09. The van der Waals surface area contributed by atoms with Crippen LogP contribution in [0.25, 0.3) is 4.85 Å². The molecule has 0 aromatic carbocycles. The second-order valence-electron chi connectivity index (χ2n) is 3.43. The maximum absolute atomic E-state index is 6.93. The third-order valence-corrected chi connectivity index (χ3v) is 2.48. The van der Waals surface area contributed by atoms with E-state index >= 15 is 0 Å². The Morgan fingerprint density at radius 3 is 2.88 bits per heavy atom. The predicted molar refractivity (Wildman–Crippen MR) is 60.1 cm³/mol. The second-order valence-corrected chi connectivity index (χ2v) is 3.43. The molecule has 84 valence electrons. The molecule has 2 rings (SSSR count). The van der Waals surface area contributed by atoms with Crippen LogP contribution in [0.15, 0.2) is 12.3 Å². The fraction of sp³-hybridized carbons (Fsp3) is 0.455. The van der Waals surface area contributed by atoms with Gasteiger partial charge in [0.2, 0.25) is 5.69 Å². The Labute approximate surface area is 94.4 Å². The van der Waals surface area contributed by atoms with Crippen LogP contribution in [0.2, 0.25) is 0 Å². The Balaban J connectivity index is 2.29. The highest BCUT2D eigenvalue weighted by Gasteiger charge is 2.16. The number of methoxy groups -OCH3 is 1. The third kappa shape index (κ3) is 2.07. The summed E-state index contributed by atoms with van der Waals surface area (Å²) in [5, 5.41) is 0. The molecule has 1 saturated heterocycles. The normalized spacial score (nSPS) is 15.6. The number of pyridine rings is 1. The van der Waals surface area contributed by atoms with Crippen LogP contribution in [0.1, 0.15) is 0 Å². The van der Waals surface area contributed by atoms with Crippen LogP contribution in [0.3, 0.4) is 0 Å². The van der Waals surface area contributed by atoms with Gasteiger partial charge in [0.15, 0.2) is 11.6 Å². The second kappa shape index (κ2) is 4.81. The van der Waals surface area contributed by atoms with E-state index in [1.165, 1.54) is 0 Å². The number of ether oxygens (including phenoxy) is 2. The van der Waals surface area contributed by atoms with E-state index in [1.807, 2.05) is 0 Å². The lowest BCUT2D eigenvalue weighted by Crippen LogP contribution is -2.36. The number of anilines is 1. The van der Waals surface area contributed by atoms with Crippen molar-refractivity contribution in [1.29, 1.82) is 0 Å². The molecular formula is C11H13N3O2. The molecule has 0 atom stereocenters. The van der Waals surface area contributed by atoms with Gasteiger partial charge in [-0.3, -0.25) is 0 Å². The smallest absolute Gasteiger partial charge is 0.208 e. The van der Waals surface area contributed by atoms with Crippen molar-refractivity contribution >= 4 is 11.5 Å². The van der Waals surface area contributed by atoms with E-state index in [1.54, 1.807) is 19.4 Å². The first-order valence-electron chi connectivity index (χ1n) is 5.09. The fourth-order valence-electron chi connectivity index (χ4n) is 1.65. The highest BCUT2D eigenvalue weighted by molar-refractivity contribution is 5.60. The fourth-order valence-corrected chi connectivity index (χ4v) is 1.65. The van der Waals surface area contributed by atoms with Crippen LogP contribution >= 0.6 is 0 Å². The summed E-state index contributed by atoms with van der Waals surface area (Å²) in [7, 11) is 1.59. The van der Waals surface area contributed by atoms with E-state index in [0.717, 1.165) is 18.9 Å². The molecule has 0 radical (unpaired) electrons. The van der Waals surface area contributed by atoms with Gasteiger partial charge in [-0.1, -0.05) is 0 Å². The van der Waals surface area contributed by atoms with E-state index < -0.39 is 0 Å². The predicted octanol–water partition coefficient (Wildman–Crippen LogP) is 1.48. The zero-order valence-electron chi connectivity index (χ0n) is 9.14. The average molecular weight is 219 g/mol. The molecule has 2 heterocycles. The van der Waals surface area contributed by atoms with Gasteiger partial charge in [0, 0.05) is 19.3 Å². The Kier molecular flexibility index (Phi) is 3.22. The molecule has 0 aliphatic carbocycles. The molecule has 0 spiro atoms. The summed E-state index contributed by atoms with van der Waals surface area (Å²) in [6, 6.07) is 1.71. The zero-order chi connectivity index (χ0) is 11.4. The van der Waals surface area contributed by atoms with Gasteiger partial charge in [-0.05, 0) is 6.07 Å². The number of hydrogen-bond donors (Lipinski definition) is 0. The summed E-state index contributed by atoms with van der Waals surface area (Å²) in [6.45, 7) is 9.95. The Bertz CT molecular complexity index is 408. The van der Waals surface area contributed by atoms with Crippen molar-refractivity contribution < 1.29 is 9.47 Å². The highest BCUT2D eigenvalue weighted by Crippen LogP contribution is 2.29. The van der Waals surface area contributed by atoms with Crippen LogP contribution in [0.5, 0.6) is 5.75 Å². The van der Waals surface area contributed by atoms with Crippen LogP contribution in [0.4, 0.5) is 11.5 Å². The maximum Gasteiger partial charge on any atom is 0.208 e. The van der Waals surface area contributed by atoms with Gasteiger partial charge in [0.05, 0.1) is 26.9 Å². The summed E-state index contributed by atoms with van der Waals surface area (Å²) < 4.78 is 10.5. The molecule has 1 aromatic heterocycles. The van der Waals surface area contributed by atoms with Gasteiger partial charge in [0.1, 0.15) is 0 Å². The van der Waals surface area contributed by atoms with E-state index in [0.29, 0.717) is 24.7 Å².